The molecule has 1 atom stereocenters. The van der Waals surface area contributed by atoms with Crippen LogP contribution < -0.4 is 10.1 Å². The van der Waals surface area contributed by atoms with Crippen LogP contribution in [0.1, 0.15) is 18.1 Å². The first-order chi connectivity index (χ1) is 8.97. The normalized spacial score (nSPS) is 27.4. The maximum absolute atomic E-state index is 6.11. The lowest BCUT2D eigenvalue weighted by atomic mass is 10.1. The molecule has 0 aliphatic carbocycles. The molecule has 0 saturated carbocycles. The number of ether oxygens (including phenoxy) is 1. The molecular formula is C15H20N2OS. The molecule has 3 rings (SSSR count). The minimum Gasteiger partial charge on any atom is -0.463 e. The molecule has 0 amide bonds. The van der Waals surface area contributed by atoms with Crippen molar-refractivity contribution >= 4 is 17.4 Å². The third-order valence-corrected chi connectivity index (χ3v) is 4.86. The van der Waals surface area contributed by atoms with Crippen molar-refractivity contribution in [1.29, 1.82) is 0 Å². The maximum atomic E-state index is 6.11. The molecule has 0 aromatic heterocycles. The number of anilines is 1. The van der Waals surface area contributed by atoms with Crippen LogP contribution in [-0.2, 0) is 0 Å². The van der Waals surface area contributed by atoms with Gasteiger partial charge in [0.2, 0.25) is 0 Å². The standard InChI is InChI=1S/C15H20N2OS/c1-10-7-12-13(8-11(10)2)18-15(3,16-12)9-14-17(4)5-6-19-14/h7-9,16H,5-6H2,1-4H3. The number of thioether (sulfide) groups is 1. The predicted molar refractivity (Wildman–Crippen MR) is 81.7 cm³/mol. The van der Waals surface area contributed by atoms with E-state index in [1.165, 1.54) is 16.2 Å². The van der Waals surface area contributed by atoms with Crippen LogP contribution in [0, 0.1) is 13.8 Å². The summed E-state index contributed by atoms with van der Waals surface area (Å²) >= 11 is 1.89. The Labute approximate surface area is 119 Å². The fraction of sp³-hybridized carbons (Fsp3) is 0.467. The highest BCUT2D eigenvalue weighted by Gasteiger charge is 2.34. The Hall–Kier alpha value is -1.29. The molecule has 102 valence electrons. The lowest BCUT2D eigenvalue weighted by Gasteiger charge is -2.23. The monoisotopic (exact) mass is 276 g/mol. The van der Waals surface area contributed by atoms with Gasteiger partial charge >= 0.3 is 0 Å². The first kappa shape index (κ1) is 12.7. The minimum atomic E-state index is -0.441. The molecule has 4 heteroatoms. The molecule has 0 spiro atoms. The van der Waals surface area contributed by atoms with Gasteiger partial charge in [-0.1, -0.05) is 0 Å². The van der Waals surface area contributed by atoms with Crippen molar-refractivity contribution in [2.24, 2.45) is 0 Å². The average molecular weight is 276 g/mol. The summed E-state index contributed by atoms with van der Waals surface area (Å²) in [5.74, 6) is 2.11. The Balaban J connectivity index is 1.89. The lowest BCUT2D eigenvalue weighted by Crippen LogP contribution is -2.35. The van der Waals surface area contributed by atoms with Crippen LogP contribution in [0.3, 0.4) is 0 Å². The molecule has 1 saturated heterocycles. The highest BCUT2D eigenvalue weighted by atomic mass is 32.2. The van der Waals surface area contributed by atoms with Gasteiger partial charge < -0.3 is 15.0 Å². The van der Waals surface area contributed by atoms with Gasteiger partial charge in [-0.15, -0.1) is 11.8 Å². The van der Waals surface area contributed by atoms with Gasteiger partial charge in [-0.3, -0.25) is 0 Å². The molecule has 1 fully saturated rings. The van der Waals surface area contributed by atoms with E-state index >= 15 is 0 Å². The highest BCUT2D eigenvalue weighted by Crippen LogP contribution is 2.40. The van der Waals surface area contributed by atoms with Crippen LogP contribution in [0.25, 0.3) is 0 Å². The van der Waals surface area contributed by atoms with Gasteiger partial charge in [-0.25, -0.2) is 0 Å². The van der Waals surface area contributed by atoms with Gasteiger partial charge in [-0.2, -0.15) is 0 Å². The van der Waals surface area contributed by atoms with Crippen LogP contribution in [-0.4, -0.2) is 30.0 Å². The Kier molecular flexibility index (Phi) is 2.93. The predicted octanol–water partition coefficient (Wildman–Crippen LogP) is 3.34. The molecule has 1 aromatic carbocycles. The zero-order chi connectivity index (χ0) is 13.6. The first-order valence-corrected chi connectivity index (χ1v) is 7.61. The molecule has 2 aliphatic rings. The van der Waals surface area contributed by atoms with E-state index in [2.05, 4.69) is 56.2 Å². The number of nitrogens with zero attached hydrogens (tertiary/aromatic N) is 1. The molecule has 0 bridgehead atoms. The summed E-state index contributed by atoms with van der Waals surface area (Å²) in [5.41, 5.74) is 3.21. The smallest absolute Gasteiger partial charge is 0.200 e. The van der Waals surface area contributed by atoms with Crippen LogP contribution in [0.15, 0.2) is 23.2 Å². The fourth-order valence-electron chi connectivity index (χ4n) is 2.45. The lowest BCUT2D eigenvalue weighted by molar-refractivity contribution is 0.191. The molecule has 3 nitrogen and oxygen atoms in total. The van der Waals surface area contributed by atoms with E-state index in [1.54, 1.807) is 0 Å². The average Bonchev–Trinajstić information content (AvgIpc) is 2.84. The molecule has 2 heterocycles. The Morgan fingerprint density at radius 2 is 2.11 bits per heavy atom. The quantitative estimate of drug-likeness (QED) is 0.850. The van der Waals surface area contributed by atoms with E-state index in [9.17, 15) is 0 Å². The largest absolute Gasteiger partial charge is 0.463 e. The van der Waals surface area contributed by atoms with Crippen LogP contribution >= 0.6 is 11.8 Å². The van der Waals surface area contributed by atoms with E-state index in [1.807, 2.05) is 11.8 Å². The van der Waals surface area contributed by atoms with Gasteiger partial charge in [0.05, 0.1) is 10.7 Å². The highest BCUT2D eigenvalue weighted by molar-refractivity contribution is 8.03. The summed E-state index contributed by atoms with van der Waals surface area (Å²) in [6.45, 7) is 7.44. The number of rotatable bonds is 1. The Morgan fingerprint density at radius 3 is 2.79 bits per heavy atom. The number of nitrogens with one attached hydrogen (secondary N) is 1. The van der Waals surface area contributed by atoms with Gasteiger partial charge in [-0.05, 0) is 44.0 Å². The topological polar surface area (TPSA) is 24.5 Å². The van der Waals surface area contributed by atoms with E-state index < -0.39 is 5.72 Å². The molecule has 1 aromatic rings. The van der Waals surface area contributed by atoms with Gasteiger partial charge in [0.25, 0.3) is 0 Å². The Bertz CT molecular complexity index is 522. The van der Waals surface area contributed by atoms with Crippen molar-refractivity contribution in [3.05, 3.63) is 34.4 Å². The van der Waals surface area contributed by atoms with Crippen molar-refractivity contribution in [1.82, 2.24) is 4.90 Å². The number of hydrogen-bond donors (Lipinski definition) is 1. The van der Waals surface area contributed by atoms with Gasteiger partial charge in [0, 0.05) is 25.4 Å². The number of hydrogen-bond acceptors (Lipinski definition) is 4. The third-order valence-electron chi connectivity index (χ3n) is 3.75. The van der Waals surface area contributed by atoms with Crippen LogP contribution in [0.5, 0.6) is 5.75 Å². The van der Waals surface area contributed by atoms with Crippen LogP contribution in [0.4, 0.5) is 5.69 Å². The number of aryl methyl sites for hydroxylation is 2. The third kappa shape index (κ3) is 2.29. The summed E-state index contributed by atoms with van der Waals surface area (Å²) in [4.78, 5) is 2.28. The van der Waals surface area contributed by atoms with E-state index in [4.69, 9.17) is 4.74 Å². The second kappa shape index (κ2) is 4.37. The summed E-state index contributed by atoms with van der Waals surface area (Å²) in [7, 11) is 2.13. The molecule has 1 N–H and O–H groups in total. The summed E-state index contributed by atoms with van der Waals surface area (Å²) in [6, 6.07) is 4.28. The Morgan fingerprint density at radius 1 is 1.37 bits per heavy atom. The van der Waals surface area contributed by atoms with Crippen LogP contribution in [0.2, 0.25) is 0 Å². The molecular weight excluding hydrogens is 256 g/mol. The summed E-state index contributed by atoms with van der Waals surface area (Å²) in [5, 5.41) is 4.78. The SMILES string of the molecule is Cc1cc2c(cc1C)OC(C)(C=C1SCCN1C)N2. The zero-order valence-corrected chi connectivity index (χ0v) is 12.7. The van der Waals surface area contributed by atoms with Crippen molar-refractivity contribution in [3.63, 3.8) is 0 Å². The van der Waals surface area contributed by atoms with E-state index in [0.717, 1.165) is 23.7 Å². The minimum absolute atomic E-state index is 0.441. The van der Waals surface area contributed by atoms with Gasteiger partial charge in [0.15, 0.2) is 5.72 Å². The number of benzene rings is 1. The summed E-state index contributed by atoms with van der Waals surface area (Å²) in [6.07, 6.45) is 2.19. The van der Waals surface area contributed by atoms with Crippen molar-refractivity contribution in [2.45, 2.75) is 26.5 Å². The van der Waals surface area contributed by atoms with E-state index in [-0.39, 0.29) is 0 Å². The molecule has 2 aliphatic heterocycles. The van der Waals surface area contributed by atoms with Crippen molar-refractivity contribution in [3.8, 4) is 5.75 Å². The maximum Gasteiger partial charge on any atom is 0.200 e. The molecule has 1 unspecified atom stereocenters. The molecule has 19 heavy (non-hydrogen) atoms. The molecule has 0 radical (unpaired) electrons. The summed E-state index contributed by atoms with van der Waals surface area (Å²) < 4.78 is 6.11. The van der Waals surface area contributed by atoms with Crippen molar-refractivity contribution in [2.75, 3.05) is 24.7 Å². The number of fused-ring (bicyclic) bond motifs is 1. The first-order valence-electron chi connectivity index (χ1n) is 6.62. The second-order valence-electron chi connectivity index (χ2n) is 5.52. The van der Waals surface area contributed by atoms with Gasteiger partial charge in [0.1, 0.15) is 5.75 Å². The van der Waals surface area contributed by atoms with Crippen molar-refractivity contribution < 1.29 is 4.74 Å². The zero-order valence-electron chi connectivity index (χ0n) is 11.9. The fourth-order valence-corrected chi connectivity index (χ4v) is 3.65. The second-order valence-corrected chi connectivity index (χ2v) is 6.63. The van der Waals surface area contributed by atoms with E-state index in [0.29, 0.717) is 0 Å².